The van der Waals surface area contributed by atoms with E-state index in [-0.39, 0.29) is 17.8 Å². The molecular weight excluding hydrogens is 452 g/mol. The van der Waals surface area contributed by atoms with Gasteiger partial charge in [-0.15, -0.1) is 10.2 Å². The van der Waals surface area contributed by atoms with E-state index in [2.05, 4.69) is 15.5 Å². The van der Waals surface area contributed by atoms with E-state index in [1.165, 1.54) is 26.0 Å². The molecule has 0 aliphatic heterocycles. The molecule has 1 N–H and O–H groups in total. The summed E-state index contributed by atoms with van der Waals surface area (Å²) in [5.74, 6) is 2.26. The van der Waals surface area contributed by atoms with Crippen molar-refractivity contribution in [3.05, 3.63) is 53.3 Å². The second-order valence-corrected chi connectivity index (χ2v) is 8.03. The normalized spacial score (nSPS) is 11.7. The summed E-state index contributed by atoms with van der Waals surface area (Å²) in [6.45, 7) is 4.57. The third-order valence-electron chi connectivity index (χ3n) is 4.56. The van der Waals surface area contributed by atoms with Gasteiger partial charge in [-0.2, -0.15) is 0 Å². The van der Waals surface area contributed by atoms with Gasteiger partial charge in [-0.3, -0.25) is 4.79 Å². The average molecular weight is 477 g/mol. The minimum absolute atomic E-state index is 0.139. The molecule has 1 amide bonds. The zero-order valence-corrected chi connectivity index (χ0v) is 19.9. The Labute approximate surface area is 196 Å². The van der Waals surface area contributed by atoms with Crippen LogP contribution in [0.5, 0.6) is 17.2 Å². The van der Waals surface area contributed by atoms with E-state index in [0.717, 1.165) is 5.75 Å². The Hall–Kier alpha value is -2.91. The van der Waals surface area contributed by atoms with Crippen molar-refractivity contribution in [2.24, 2.45) is 0 Å². The van der Waals surface area contributed by atoms with Gasteiger partial charge in [0.1, 0.15) is 17.2 Å². The second kappa shape index (κ2) is 11.1. The van der Waals surface area contributed by atoms with Crippen molar-refractivity contribution in [1.29, 1.82) is 0 Å². The van der Waals surface area contributed by atoms with Gasteiger partial charge in [0.2, 0.25) is 5.91 Å². The van der Waals surface area contributed by atoms with Crippen LogP contribution < -0.4 is 19.5 Å². The standard InChI is InChI=1S/C22H25ClN4O4S/c1-5-27-21(14(2)31-15-9-7-6-8-10-15)25-26-22(27)32-13-20(28)24-17-12-18(29-3)16(23)11-19(17)30-4/h6-12,14H,5,13H2,1-4H3,(H,24,28). The molecule has 3 rings (SSSR count). The van der Waals surface area contributed by atoms with Crippen LogP contribution in [-0.2, 0) is 11.3 Å². The molecule has 8 nitrogen and oxygen atoms in total. The van der Waals surface area contributed by atoms with Gasteiger partial charge in [-0.1, -0.05) is 41.6 Å². The fraction of sp³-hybridized carbons (Fsp3) is 0.318. The summed E-state index contributed by atoms with van der Waals surface area (Å²) < 4.78 is 18.4. The zero-order chi connectivity index (χ0) is 23.1. The summed E-state index contributed by atoms with van der Waals surface area (Å²) in [5, 5.41) is 12.4. The highest BCUT2D eigenvalue weighted by atomic mass is 35.5. The van der Waals surface area contributed by atoms with Gasteiger partial charge in [0, 0.05) is 18.7 Å². The zero-order valence-electron chi connectivity index (χ0n) is 18.3. The number of benzene rings is 2. The Bertz CT molecular complexity index is 1060. The molecule has 0 aliphatic rings. The summed E-state index contributed by atoms with van der Waals surface area (Å²) in [5.41, 5.74) is 0.474. The molecule has 1 heterocycles. The third kappa shape index (κ3) is 5.66. The van der Waals surface area contributed by atoms with Crippen molar-refractivity contribution in [3.8, 4) is 17.2 Å². The van der Waals surface area contributed by atoms with E-state index in [4.69, 9.17) is 25.8 Å². The number of anilines is 1. The first-order chi connectivity index (χ1) is 15.5. The number of para-hydroxylation sites is 1. The van der Waals surface area contributed by atoms with Crippen LogP contribution >= 0.6 is 23.4 Å². The molecular formula is C22H25ClN4O4S. The lowest BCUT2D eigenvalue weighted by Gasteiger charge is -2.15. The van der Waals surface area contributed by atoms with Crippen molar-refractivity contribution in [2.75, 3.05) is 25.3 Å². The molecule has 170 valence electrons. The van der Waals surface area contributed by atoms with Gasteiger partial charge < -0.3 is 24.1 Å². The number of thioether (sulfide) groups is 1. The van der Waals surface area contributed by atoms with Crippen LogP contribution in [0.1, 0.15) is 25.8 Å². The molecule has 2 aromatic carbocycles. The van der Waals surface area contributed by atoms with Crippen LogP contribution in [0.3, 0.4) is 0 Å². The Kier molecular flexibility index (Phi) is 8.24. The number of aromatic nitrogens is 3. The van der Waals surface area contributed by atoms with Crippen LogP contribution in [0, 0.1) is 0 Å². The average Bonchev–Trinajstić information content (AvgIpc) is 3.22. The van der Waals surface area contributed by atoms with Crippen molar-refractivity contribution in [3.63, 3.8) is 0 Å². The van der Waals surface area contributed by atoms with E-state index in [0.29, 0.717) is 39.7 Å². The molecule has 0 aliphatic carbocycles. The Morgan fingerprint density at radius 3 is 2.53 bits per heavy atom. The second-order valence-electron chi connectivity index (χ2n) is 6.68. The molecule has 0 spiro atoms. The van der Waals surface area contributed by atoms with Gasteiger partial charge in [0.25, 0.3) is 0 Å². The smallest absolute Gasteiger partial charge is 0.234 e. The van der Waals surface area contributed by atoms with Gasteiger partial charge >= 0.3 is 0 Å². The van der Waals surface area contributed by atoms with Gasteiger partial charge in [-0.05, 0) is 26.0 Å². The largest absolute Gasteiger partial charge is 0.495 e. The maximum Gasteiger partial charge on any atom is 0.234 e. The number of carbonyl (C=O) groups is 1. The molecule has 1 atom stereocenters. The topological polar surface area (TPSA) is 87.5 Å². The van der Waals surface area contributed by atoms with Crippen molar-refractivity contribution in [1.82, 2.24) is 14.8 Å². The van der Waals surface area contributed by atoms with E-state index >= 15 is 0 Å². The number of nitrogens with zero attached hydrogens (tertiary/aromatic N) is 3. The molecule has 0 bridgehead atoms. The summed E-state index contributed by atoms with van der Waals surface area (Å²) in [6, 6.07) is 12.8. The molecule has 0 fully saturated rings. The number of carbonyl (C=O) groups excluding carboxylic acids is 1. The van der Waals surface area contributed by atoms with Crippen molar-refractivity contribution < 1.29 is 19.0 Å². The molecule has 1 unspecified atom stereocenters. The minimum atomic E-state index is -0.293. The van der Waals surface area contributed by atoms with Crippen molar-refractivity contribution >= 4 is 35.0 Å². The number of methoxy groups -OCH3 is 2. The maximum atomic E-state index is 12.6. The van der Waals surface area contributed by atoms with Crippen LogP contribution in [0.4, 0.5) is 5.69 Å². The summed E-state index contributed by atoms with van der Waals surface area (Å²) in [7, 11) is 3.01. The highest BCUT2D eigenvalue weighted by molar-refractivity contribution is 7.99. The molecule has 3 aromatic rings. The summed E-state index contributed by atoms with van der Waals surface area (Å²) >= 11 is 7.41. The van der Waals surface area contributed by atoms with Crippen LogP contribution in [-0.4, -0.2) is 40.6 Å². The first kappa shape index (κ1) is 23.7. The predicted octanol–water partition coefficient (Wildman–Crippen LogP) is 4.84. The van der Waals surface area contributed by atoms with E-state index < -0.39 is 0 Å². The quantitative estimate of drug-likeness (QED) is 0.419. The Balaban J connectivity index is 1.66. The summed E-state index contributed by atoms with van der Waals surface area (Å²) in [4.78, 5) is 12.6. The Morgan fingerprint density at radius 1 is 1.16 bits per heavy atom. The lowest BCUT2D eigenvalue weighted by atomic mass is 10.2. The van der Waals surface area contributed by atoms with E-state index in [9.17, 15) is 4.79 Å². The van der Waals surface area contributed by atoms with Gasteiger partial charge in [0.05, 0.1) is 30.7 Å². The van der Waals surface area contributed by atoms with E-state index in [1.807, 2.05) is 48.7 Å². The summed E-state index contributed by atoms with van der Waals surface area (Å²) in [6.07, 6.45) is -0.293. The molecule has 0 saturated carbocycles. The van der Waals surface area contributed by atoms with Gasteiger partial charge in [0.15, 0.2) is 17.1 Å². The number of amides is 1. The molecule has 1 aromatic heterocycles. The number of hydrogen-bond donors (Lipinski definition) is 1. The van der Waals surface area contributed by atoms with Crippen LogP contribution in [0.2, 0.25) is 5.02 Å². The molecule has 0 saturated heterocycles. The fourth-order valence-corrected chi connectivity index (χ4v) is 4.08. The SMILES string of the molecule is CCn1c(SCC(=O)Nc2cc(OC)c(Cl)cc2OC)nnc1C(C)Oc1ccccc1. The monoisotopic (exact) mass is 476 g/mol. The maximum absolute atomic E-state index is 12.6. The third-order valence-corrected chi connectivity index (χ3v) is 5.82. The highest BCUT2D eigenvalue weighted by Gasteiger charge is 2.20. The van der Waals surface area contributed by atoms with E-state index in [1.54, 1.807) is 12.1 Å². The lowest BCUT2D eigenvalue weighted by Crippen LogP contribution is -2.16. The predicted molar refractivity (Wildman–Crippen MR) is 125 cm³/mol. The molecule has 0 radical (unpaired) electrons. The highest BCUT2D eigenvalue weighted by Crippen LogP contribution is 2.36. The lowest BCUT2D eigenvalue weighted by molar-refractivity contribution is -0.113. The number of nitrogens with one attached hydrogen (secondary N) is 1. The van der Waals surface area contributed by atoms with Crippen LogP contribution in [0.25, 0.3) is 0 Å². The number of halogens is 1. The first-order valence-corrected chi connectivity index (χ1v) is 11.3. The first-order valence-electron chi connectivity index (χ1n) is 9.95. The fourth-order valence-electron chi connectivity index (χ4n) is 3.04. The number of ether oxygens (including phenoxy) is 3. The number of hydrogen-bond acceptors (Lipinski definition) is 7. The van der Waals surface area contributed by atoms with Crippen LogP contribution in [0.15, 0.2) is 47.6 Å². The molecule has 32 heavy (non-hydrogen) atoms. The minimum Gasteiger partial charge on any atom is -0.495 e. The molecule has 10 heteroatoms. The Morgan fingerprint density at radius 2 is 1.88 bits per heavy atom. The van der Waals surface area contributed by atoms with Crippen molar-refractivity contribution in [2.45, 2.75) is 31.7 Å². The number of rotatable bonds is 10. The van der Waals surface area contributed by atoms with Gasteiger partial charge in [-0.25, -0.2) is 0 Å².